The topological polar surface area (TPSA) is 49.8 Å². The number of esters is 1. The highest BCUT2D eigenvalue weighted by atomic mass is 16.5. The van der Waals surface area contributed by atoms with Crippen molar-refractivity contribution in [2.24, 2.45) is 5.41 Å². The zero-order valence-electron chi connectivity index (χ0n) is 11.5. The summed E-state index contributed by atoms with van der Waals surface area (Å²) in [5.41, 5.74) is -1.03. The minimum absolute atomic E-state index is 0.357. The number of β-amino-alcohol motifs (C(OH)–C–C–N with tert-alkyl or cyclic N) is 1. The zero-order valence-corrected chi connectivity index (χ0v) is 11.5. The van der Waals surface area contributed by atoms with Crippen molar-refractivity contribution >= 4 is 5.97 Å². The second kappa shape index (κ2) is 5.36. The smallest absolute Gasteiger partial charge is 0.338 e. The van der Waals surface area contributed by atoms with Gasteiger partial charge in [-0.05, 0) is 44.7 Å². The Morgan fingerprint density at radius 3 is 2.65 bits per heavy atom. The van der Waals surface area contributed by atoms with Gasteiger partial charge >= 0.3 is 5.97 Å². The SMILES string of the molecule is COC(=O)C(C)(O)CN1CCCC(C)(C)CC1. The van der Waals surface area contributed by atoms with Crippen LogP contribution in [0.5, 0.6) is 0 Å². The molecular weight excluding hydrogens is 218 g/mol. The Kier molecular flexibility index (Phi) is 4.55. The van der Waals surface area contributed by atoms with Crippen molar-refractivity contribution in [2.45, 2.75) is 45.6 Å². The Hall–Kier alpha value is -0.610. The molecule has 4 nitrogen and oxygen atoms in total. The largest absolute Gasteiger partial charge is 0.467 e. The molecular formula is C13H25NO3. The summed E-state index contributed by atoms with van der Waals surface area (Å²) >= 11 is 0. The van der Waals surface area contributed by atoms with E-state index in [9.17, 15) is 9.90 Å². The van der Waals surface area contributed by atoms with Crippen molar-refractivity contribution in [3.05, 3.63) is 0 Å². The number of nitrogens with zero attached hydrogens (tertiary/aromatic N) is 1. The maximum Gasteiger partial charge on any atom is 0.338 e. The number of rotatable bonds is 3. The molecule has 0 aromatic heterocycles. The number of hydrogen-bond acceptors (Lipinski definition) is 4. The summed E-state index contributed by atoms with van der Waals surface area (Å²) in [6.07, 6.45) is 3.42. The average molecular weight is 243 g/mol. The van der Waals surface area contributed by atoms with E-state index in [4.69, 9.17) is 0 Å². The van der Waals surface area contributed by atoms with E-state index < -0.39 is 11.6 Å². The average Bonchev–Trinajstić information content (AvgIpc) is 2.38. The molecule has 1 rings (SSSR count). The van der Waals surface area contributed by atoms with Gasteiger partial charge in [0, 0.05) is 6.54 Å². The van der Waals surface area contributed by atoms with Gasteiger partial charge in [-0.25, -0.2) is 4.79 Å². The highest BCUT2D eigenvalue weighted by molar-refractivity contribution is 5.78. The molecule has 17 heavy (non-hydrogen) atoms. The summed E-state index contributed by atoms with van der Waals surface area (Å²) in [6.45, 7) is 8.30. The van der Waals surface area contributed by atoms with Gasteiger partial charge in [0.1, 0.15) is 0 Å². The molecule has 1 saturated heterocycles. The molecule has 1 aliphatic rings. The van der Waals surface area contributed by atoms with Crippen molar-refractivity contribution in [3.8, 4) is 0 Å². The fraction of sp³-hybridized carbons (Fsp3) is 0.923. The molecule has 1 heterocycles. The third-order valence-electron chi connectivity index (χ3n) is 3.59. The molecule has 0 aromatic carbocycles. The van der Waals surface area contributed by atoms with Gasteiger partial charge in [0.15, 0.2) is 5.60 Å². The summed E-state index contributed by atoms with van der Waals surface area (Å²) in [6, 6.07) is 0. The molecule has 1 unspecified atom stereocenters. The minimum atomic E-state index is -1.40. The van der Waals surface area contributed by atoms with Gasteiger partial charge < -0.3 is 9.84 Å². The van der Waals surface area contributed by atoms with Crippen molar-refractivity contribution in [3.63, 3.8) is 0 Å². The van der Waals surface area contributed by atoms with Crippen LogP contribution in [0.4, 0.5) is 0 Å². The lowest BCUT2D eigenvalue weighted by molar-refractivity contribution is -0.162. The van der Waals surface area contributed by atoms with Crippen LogP contribution in [-0.2, 0) is 9.53 Å². The molecule has 4 heteroatoms. The number of carbonyl (C=O) groups excluding carboxylic acids is 1. The van der Waals surface area contributed by atoms with Gasteiger partial charge in [-0.15, -0.1) is 0 Å². The van der Waals surface area contributed by atoms with E-state index in [1.165, 1.54) is 20.5 Å². The van der Waals surface area contributed by atoms with E-state index >= 15 is 0 Å². The first-order valence-electron chi connectivity index (χ1n) is 6.30. The third-order valence-corrected chi connectivity index (χ3v) is 3.59. The second-order valence-corrected chi connectivity index (χ2v) is 6.06. The van der Waals surface area contributed by atoms with E-state index in [1.54, 1.807) is 0 Å². The number of ether oxygens (including phenoxy) is 1. The Balaban J connectivity index is 2.55. The van der Waals surface area contributed by atoms with Crippen LogP contribution in [0.2, 0.25) is 0 Å². The van der Waals surface area contributed by atoms with E-state index in [2.05, 4.69) is 23.5 Å². The molecule has 1 atom stereocenters. The van der Waals surface area contributed by atoms with E-state index in [0.29, 0.717) is 12.0 Å². The van der Waals surface area contributed by atoms with Crippen molar-refractivity contribution in [1.29, 1.82) is 0 Å². The number of likely N-dealkylation sites (tertiary alicyclic amines) is 1. The summed E-state index contributed by atoms with van der Waals surface area (Å²) < 4.78 is 4.61. The monoisotopic (exact) mass is 243 g/mol. The first-order chi connectivity index (χ1) is 7.77. The standard InChI is InChI=1S/C13H25NO3/c1-12(2)6-5-8-14(9-7-12)10-13(3,16)11(15)17-4/h16H,5-10H2,1-4H3. The number of methoxy groups -OCH3 is 1. The van der Waals surface area contributed by atoms with Gasteiger partial charge in [-0.3, -0.25) is 4.90 Å². The van der Waals surface area contributed by atoms with Crippen LogP contribution < -0.4 is 0 Å². The fourth-order valence-corrected chi connectivity index (χ4v) is 2.36. The maximum atomic E-state index is 11.4. The predicted molar refractivity (Wildman–Crippen MR) is 66.7 cm³/mol. The Morgan fingerprint density at radius 1 is 1.41 bits per heavy atom. The minimum Gasteiger partial charge on any atom is -0.467 e. The van der Waals surface area contributed by atoms with E-state index in [0.717, 1.165) is 25.9 Å². The summed E-state index contributed by atoms with van der Waals surface area (Å²) in [5, 5.41) is 10.0. The lowest BCUT2D eigenvalue weighted by Crippen LogP contribution is -2.47. The molecule has 1 aliphatic heterocycles. The summed E-state index contributed by atoms with van der Waals surface area (Å²) in [5.74, 6) is -0.555. The molecule has 0 aliphatic carbocycles. The van der Waals surface area contributed by atoms with Crippen LogP contribution in [0, 0.1) is 5.41 Å². The van der Waals surface area contributed by atoms with Crippen LogP contribution in [0.25, 0.3) is 0 Å². The van der Waals surface area contributed by atoms with E-state index in [-0.39, 0.29) is 0 Å². The quantitative estimate of drug-likeness (QED) is 0.762. The van der Waals surface area contributed by atoms with Gasteiger partial charge in [0.25, 0.3) is 0 Å². The normalized spacial score (nSPS) is 24.8. The Labute approximate surface area is 104 Å². The third kappa shape index (κ3) is 4.28. The van der Waals surface area contributed by atoms with Crippen molar-refractivity contribution in [2.75, 3.05) is 26.7 Å². The Morgan fingerprint density at radius 2 is 2.06 bits per heavy atom. The van der Waals surface area contributed by atoms with Gasteiger partial charge in [0.05, 0.1) is 7.11 Å². The van der Waals surface area contributed by atoms with Crippen molar-refractivity contribution in [1.82, 2.24) is 4.90 Å². The second-order valence-electron chi connectivity index (χ2n) is 6.06. The number of hydrogen-bond donors (Lipinski definition) is 1. The molecule has 0 aromatic rings. The molecule has 0 spiro atoms. The predicted octanol–water partition coefficient (Wildman–Crippen LogP) is 1.42. The zero-order chi connectivity index (χ0) is 13.1. The van der Waals surface area contributed by atoms with Gasteiger partial charge in [0.2, 0.25) is 0 Å². The van der Waals surface area contributed by atoms with Gasteiger partial charge in [-0.2, -0.15) is 0 Å². The summed E-state index contributed by atoms with van der Waals surface area (Å²) in [4.78, 5) is 13.6. The number of aliphatic hydroxyl groups is 1. The van der Waals surface area contributed by atoms with Crippen LogP contribution >= 0.6 is 0 Å². The van der Waals surface area contributed by atoms with Crippen molar-refractivity contribution < 1.29 is 14.6 Å². The lowest BCUT2D eigenvalue weighted by Gasteiger charge is -2.29. The fourth-order valence-electron chi connectivity index (χ4n) is 2.36. The molecule has 0 radical (unpaired) electrons. The van der Waals surface area contributed by atoms with Crippen LogP contribution in [0.15, 0.2) is 0 Å². The molecule has 1 fully saturated rings. The van der Waals surface area contributed by atoms with Crippen LogP contribution in [0.3, 0.4) is 0 Å². The van der Waals surface area contributed by atoms with Crippen LogP contribution in [-0.4, -0.2) is 48.3 Å². The maximum absolute atomic E-state index is 11.4. The molecule has 0 saturated carbocycles. The lowest BCUT2D eigenvalue weighted by atomic mass is 9.85. The molecule has 0 bridgehead atoms. The molecule has 0 amide bonds. The Bertz CT molecular complexity index is 274. The van der Waals surface area contributed by atoms with Crippen LogP contribution in [0.1, 0.15) is 40.0 Å². The first kappa shape index (κ1) is 14.5. The van der Waals surface area contributed by atoms with E-state index in [1.807, 2.05) is 0 Å². The molecule has 1 N–H and O–H groups in total. The summed E-state index contributed by atoms with van der Waals surface area (Å²) in [7, 11) is 1.31. The van der Waals surface area contributed by atoms with Gasteiger partial charge in [-0.1, -0.05) is 13.8 Å². The molecule has 100 valence electrons. The first-order valence-corrected chi connectivity index (χ1v) is 6.30. The highest BCUT2D eigenvalue weighted by Gasteiger charge is 2.34. The highest BCUT2D eigenvalue weighted by Crippen LogP contribution is 2.30. The number of carbonyl (C=O) groups is 1.